The van der Waals surface area contributed by atoms with Crippen LogP contribution in [0.15, 0.2) is 24.3 Å². The number of sulfonamides is 1. The van der Waals surface area contributed by atoms with Crippen LogP contribution < -0.4 is 5.73 Å². The molecule has 1 saturated heterocycles. The van der Waals surface area contributed by atoms with Crippen LogP contribution in [0.3, 0.4) is 0 Å². The lowest BCUT2D eigenvalue weighted by Gasteiger charge is -2.27. The summed E-state index contributed by atoms with van der Waals surface area (Å²) in [4.78, 5) is 2.18. The molecule has 5 nitrogen and oxygen atoms in total. The molecule has 112 valence electrons. The van der Waals surface area contributed by atoms with E-state index in [1.165, 1.54) is 0 Å². The molecule has 0 bridgehead atoms. The van der Waals surface area contributed by atoms with Crippen molar-refractivity contribution in [2.75, 3.05) is 32.4 Å². The molecule has 0 aliphatic carbocycles. The summed E-state index contributed by atoms with van der Waals surface area (Å²) >= 11 is 0. The molecule has 6 heteroatoms. The number of anilines is 1. The summed E-state index contributed by atoms with van der Waals surface area (Å²) in [5, 5.41) is 0. The second kappa shape index (κ2) is 6.11. The molecule has 1 atom stereocenters. The molecule has 0 spiro atoms. The van der Waals surface area contributed by atoms with Gasteiger partial charge in [-0.25, -0.2) is 8.42 Å². The van der Waals surface area contributed by atoms with Crippen molar-refractivity contribution in [3.63, 3.8) is 0 Å². The van der Waals surface area contributed by atoms with Crippen molar-refractivity contribution in [1.82, 2.24) is 9.21 Å². The van der Waals surface area contributed by atoms with Crippen LogP contribution in [0.2, 0.25) is 0 Å². The lowest BCUT2D eigenvalue weighted by molar-refractivity contribution is 0.290. The van der Waals surface area contributed by atoms with Crippen LogP contribution in [0, 0.1) is 0 Å². The van der Waals surface area contributed by atoms with Gasteiger partial charge in [0.25, 0.3) is 0 Å². The van der Waals surface area contributed by atoms with Gasteiger partial charge in [-0.2, -0.15) is 4.31 Å². The molecule has 1 aliphatic rings. The van der Waals surface area contributed by atoms with Gasteiger partial charge >= 0.3 is 0 Å². The molecule has 0 aromatic heterocycles. The molecule has 1 fully saturated rings. The Morgan fingerprint density at radius 1 is 1.25 bits per heavy atom. The van der Waals surface area contributed by atoms with Crippen LogP contribution >= 0.6 is 0 Å². The Labute approximate surface area is 121 Å². The Morgan fingerprint density at radius 2 is 1.90 bits per heavy atom. The molecule has 1 aromatic carbocycles. The van der Waals surface area contributed by atoms with Gasteiger partial charge in [-0.15, -0.1) is 0 Å². The third-order valence-electron chi connectivity index (χ3n) is 3.67. The molecular formula is C14H23N3O2S. The molecule has 0 amide bonds. The fraction of sp³-hybridized carbons (Fsp3) is 0.571. The number of hydrogen-bond acceptors (Lipinski definition) is 4. The molecule has 1 aliphatic heterocycles. The Balaban J connectivity index is 2.14. The number of nitrogens with two attached hydrogens (primary N) is 1. The van der Waals surface area contributed by atoms with Gasteiger partial charge in [0.1, 0.15) is 0 Å². The van der Waals surface area contributed by atoms with Crippen molar-refractivity contribution in [3.05, 3.63) is 29.8 Å². The van der Waals surface area contributed by atoms with E-state index in [2.05, 4.69) is 4.90 Å². The topological polar surface area (TPSA) is 66.6 Å². The van der Waals surface area contributed by atoms with Crippen molar-refractivity contribution >= 4 is 15.7 Å². The minimum atomic E-state index is -3.28. The number of likely N-dealkylation sites (N-methyl/N-ethyl adjacent to an activating group) is 1. The highest BCUT2D eigenvalue weighted by atomic mass is 32.2. The molecule has 2 N–H and O–H groups in total. The van der Waals surface area contributed by atoms with Crippen molar-refractivity contribution in [1.29, 1.82) is 0 Å². The second-order valence-electron chi connectivity index (χ2n) is 5.57. The highest BCUT2D eigenvalue weighted by molar-refractivity contribution is 7.88. The average molecular weight is 297 g/mol. The molecule has 0 radical (unpaired) electrons. The van der Waals surface area contributed by atoms with Crippen LogP contribution in [0.25, 0.3) is 0 Å². The Morgan fingerprint density at radius 3 is 2.55 bits per heavy atom. The van der Waals surface area contributed by atoms with Crippen LogP contribution in [-0.2, 0) is 15.8 Å². The first kappa shape index (κ1) is 15.3. The monoisotopic (exact) mass is 297 g/mol. The molecule has 20 heavy (non-hydrogen) atoms. The number of rotatable bonds is 3. The SMILES string of the molecule is CC1CN(C)CCCN1S(=O)(=O)Cc1ccc(N)cc1. The zero-order valence-corrected chi connectivity index (χ0v) is 12.9. The maximum absolute atomic E-state index is 12.6. The van der Waals surface area contributed by atoms with Crippen molar-refractivity contribution in [3.8, 4) is 0 Å². The van der Waals surface area contributed by atoms with Crippen LogP contribution in [0.1, 0.15) is 18.9 Å². The van der Waals surface area contributed by atoms with E-state index in [1.54, 1.807) is 28.6 Å². The van der Waals surface area contributed by atoms with Crippen LogP contribution in [-0.4, -0.2) is 50.3 Å². The lowest BCUT2D eigenvalue weighted by Crippen LogP contribution is -2.42. The third-order valence-corrected chi connectivity index (χ3v) is 5.63. The van der Waals surface area contributed by atoms with Gasteiger partial charge in [-0.1, -0.05) is 12.1 Å². The van der Waals surface area contributed by atoms with E-state index in [1.807, 2.05) is 14.0 Å². The average Bonchev–Trinajstić information content (AvgIpc) is 2.53. The van der Waals surface area contributed by atoms with Gasteiger partial charge < -0.3 is 10.6 Å². The zero-order chi connectivity index (χ0) is 14.8. The number of nitrogens with zero attached hydrogens (tertiary/aromatic N) is 2. The Hall–Kier alpha value is -1.11. The summed E-state index contributed by atoms with van der Waals surface area (Å²) in [5.41, 5.74) is 7.06. The van der Waals surface area contributed by atoms with E-state index in [9.17, 15) is 8.42 Å². The van der Waals surface area contributed by atoms with Gasteiger partial charge in [0, 0.05) is 24.8 Å². The summed E-state index contributed by atoms with van der Waals surface area (Å²) < 4.78 is 26.8. The molecule has 0 saturated carbocycles. The van der Waals surface area contributed by atoms with E-state index in [4.69, 9.17) is 5.73 Å². The number of benzene rings is 1. The van der Waals surface area contributed by atoms with Crippen LogP contribution in [0.5, 0.6) is 0 Å². The second-order valence-corrected chi connectivity index (χ2v) is 7.49. The highest BCUT2D eigenvalue weighted by Gasteiger charge is 2.29. The van der Waals surface area contributed by atoms with E-state index in [-0.39, 0.29) is 11.8 Å². The smallest absolute Gasteiger partial charge is 0.218 e. The first-order valence-corrected chi connectivity index (χ1v) is 8.52. The predicted molar refractivity (Wildman–Crippen MR) is 81.8 cm³/mol. The van der Waals surface area contributed by atoms with E-state index < -0.39 is 10.0 Å². The van der Waals surface area contributed by atoms with E-state index in [0.717, 1.165) is 25.1 Å². The minimum absolute atomic E-state index is 0.0151. The molecule has 1 unspecified atom stereocenters. The van der Waals surface area contributed by atoms with E-state index in [0.29, 0.717) is 12.2 Å². The molecule has 1 aromatic rings. The van der Waals surface area contributed by atoms with Gasteiger partial charge in [-0.3, -0.25) is 0 Å². The maximum Gasteiger partial charge on any atom is 0.218 e. The largest absolute Gasteiger partial charge is 0.399 e. The van der Waals surface area contributed by atoms with Gasteiger partial charge in [-0.05, 0) is 44.6 Å². The van der Waals surface area contributed by atoms with Crippen molar-refractivity contribution in [2.45, 2.75) is 25.1 Å². The summed E-state index contributed by atoms with van der Waals surface area (Å²) in [6, 6.07) is 7.05. The Bertz CT molecular complexity index is 542. The van der Waals surface area contributed by atoms with E-state index >= 15 is 0 Å². The molecule has 1 heterocycles. The first-order valence-electron chi connectivity index (χ1n) is 6.91. The van der Waals surface area contributed by atoms with Gasteiger partial charge in [0.15, 0.2) is 0 Å². The fourth-order valence-corrected chi connectivity index (χ4v) is 4.47. The molecular weight excluding hydrogens is 274 g/mol. The van der Waals surface area contributed by atoms with Crippen molar-refractivity contribution in [2.24, 2.45) is 0 Å². The minimum Gasteiger partial charge on any atom is -0.399 e. The summed E-state index contributed by atoms with van der Waals surface area (Å²) in [6.07, 6.45) is 0.877. The lowest BCUT2D eigenvalue weighted by atomic mass is 10.2. The highest BCUT2D eigenvalue weighted by Crippen LogP contribution is 2.18. The van der Waals surface area contributed by atoms with Gasteiger partial charge in [0.05, 0.1) is 5.75 Å². The zero-order valence-electron chi connectivity index (χ0n) is 12.1. The summed E-state index contributed by atoms with van der Waals surface area (Å²) in [5.74, 6) is 0.0430. The third kappa shape index (κ3) is 3.71. The summed E-state index contributed by atoms with van der Waals surface area (Å²) in [7, 11) is -1.25. The predicted octanol–water partition coefficient (Wildman–Crippen LogP) is 1.12. The first-order chi connectivity index (χ1) is 9.38. The quantitative estimate of drug-likeness (QED) is 0.849. The standard InChI is InChI=1S/C14H23N3O2S/c1-12-10-16(2)8-3-9-17(12)20(18,19)11-13-4-6-14(15)7-5-13/h4-7,12H,3,8-11,15H2,1-2H3. The fourth-order valence-electron chi connectivity index (χ4n) is 2.67. The van der Waals surface area contributed by atoms with Crippen molar-refractivity contribution < 1.29 is 8.42 Å². The number of nitrogen functional groups attached to an aromatic ring is 1. The van der Waals surface area contributed by atoms with Gasteiger partial charge in [0.2, 0.25) is 10.0 Å². The van der Waals surface area contributed by atoms with Crippen LogP contribution in [0.4, 0.5) is 5.69 Å². The number of hydrogen-bond donors (Lipinski definition) is 1. The summed E-state index contributed by atoms with van der Waals surface area (Å²) in [6.45, 7) is 4.30. The normalized spacial score (nSPS) is 22.6. The Kier molecular flexibility index (Phi) is 4.67. The maximum atomic E-state index is 12.6. The molecule has 2 rings (SSSR count).